The van der Waals surface area contributed by atoms with Crippen LogP contribution in [0.3, 0.4) is 0 Å². The van der Waals surface area contributed by atoms with Crippen LogP contribution < -0.4 is 10.2 Å². The predicted octanol–water partition coefficient (Wildman–Crippen LogP) is 0.138. The lowest BCUT2D eigenvalue weighted by molar-refractivity contribution is -0.125. The zero-order valence-corrected chi connectivity index (χ0v) is 17.5. The number of methoxy groups -OCH3 is 1. The molecule has 0 spiro atoms. The largest absolute Gasteiger partial charge is 0.385 e. The number of amides is 2. The lowest BCUT2D eigenvalue weighted by Gasteiger charge is -2.26. The van der Waals surface area contributed by atoms with Crippen molar-refractivity contribution in [3.63, 3.8) is 0 Å². The third-order valence-electron chi connectivity index (χ3n) is 5.11. The maximum Gasteiger partial charge on any atom is 0.243 e. The molecule has 0 saturated carbocycles. The van der Waals surface area contributed by atoms with E-state index >= 15 is 0 Å². The number of carbonyl (C=O) groups is 2. The average molecular weight is 426 g/mol. The summed E-state index contributed by atoms with van der Waals surface area (Å²) in [6.07, 6.45) is 0.946. The molecule has 1 N–H and O–H groups in total. The minimum absolute atomic E-state index is 0.169. The molecule has 29 heavy (non-hydrogen) atoms. The fourth-order valence-corrected chi connectivity index (χ4v) is 5.13. The number of nitrogens with zero attached hydrogens (tertiary/aromatic N) is 2. The van der Waals surface area contributed by atoms with Crippen molar-refractivity contribution in [2.24, 2.45) is 0 Å². The monoisotopic (exact) mass is 425 g/mol. The van der Waals surface area contributed by atoms with Gasteiger partial charge in [0, 0.05) is 52.4 Å². The fraction of sp³-hybridized carbons (Fsp3) is 0.579. The van der Waals surface area contributed by atoms with Gasteiger partial charge in [-0.05, 0) is 30.2 Å². The zero-order valence-electron chi connectivity index (χ0n) is 16.7. The van der Waals surface area contributed by atoms with Gasteiger partial charge in [-0.3, -0.25) is 14.5 Å². The number of carbonyl (C=O) groups excluding carboxylic acids is 2. The molecule has 2 aliphatic heterocycles. The summed E-state index contributed by atoms with van der Waals surface area (Å²) >= 11 is 0. The molecular formula is C19H27N3O6S. The topological polar surface area (TPSA) is 105 Å². The summed E-state index contributed by atoms with van der Waals surface area (Å²) in [5, 5.41) is 2.82. The molecule has 2 aliphatic rings. The molecule has 1 aromatic carbocycles. The van der Waals surface area contributed by atoms with E-state index in [1.165, 1.54) is 22.2 Å². The van der Waals surface area contributed by atoms with Crippen LogP contribution in [0.1, 0.15) is 18.9 Å². The Hall–Kier alpha value is -2.01. The van der Waals surface area contributed by atoms with E-state index in [4.69, 9.17) is 9.47 Å². The normalized spacial score (nSPS) is 19.8. The van der Waals surface area contributed by atoms with Crippen molar-refractivity contribution in [1.82, 2.24) is 9.62 Å². The second kappa shape index (κ2) is 9.21. The maximum absolute atomic E-state index is 12.9. The van der Waals surface area contributed by atoms with Crippen LogP contribution in [0, 0.1) is 0 Å². The Bertz CT molecular complexity index is 867. The molecule has 0 bridgehead atoms. The Kier molecular flexibility index (Phi) is 6.89. The first-order chi connectivity index (χ1) is 13.9. The van der Waals surface area contributed by atoms with Crippen molar-refractivity contribution in [2.45, 2.75) is 30.7 Å². The maximum atomic E-state index is 12.9. The number of ether oxygens (including phenoxy) is 2. The van der Waals surface area contributed by atoms with E-state index in [1.807, 2.05) is 0 Å². The van der Waals surface area contributed by atoms with Crippen LogP contribution in [0.15, 0.2) is 23.1 Å². The van der Waals surface area contributed by atoms with Crippen LogP contribution in [0.5, 0.6) is 0 Å². The first-order valence-electron chi connectivity index (χ1n) is 9.63. The first kappa shape index (κ1) is 21.7. The number of rotatable bonds is 7. The second-order valence-electron chi connectivity index (χ2n) is 7.05. The highest BCUT2D eigenvalue weighted by Crippen LogP contribution is 2.35. The van der Waals surface area contributed by atoms with Gasteiger partial charge >= 0.3 is 0 Å². The van der Waals surface area contributed by atoms with Gasteiger partial charge in [0.05, 0.1) is 18.1 Å². The number of nitrogens with one attached hydrogen (secondary N) is 1. The van der Waals surface area contributed by atoms with E-state index in [0.717, 1.165) is 0 Å². The van der Waals surface area contributed by atoms with Crippen molar-refractivity contribution in [2.75, 3.05) is 51.5 Å². The molecule has 1 aromatic rings. The minimum Gasteiger partial charge on any atom is -0.385 e. The Labute approximate surface area is 171 Å². The van der Waals surface area contributed by atoms with Gasteiger partial charge in [0.25, 0.3) is 0 Å². The molecule has 10 heteroatoms. The lowest BCUT2D eigenvalue weighted by Crippen LogP contribution is -2.47. The van der Waals surface area contributed by atoms with Gasteiger partial charge in [-0.25, -0.2) is 8.42 Å². The van der Waals surface area contributed by atoms with Crippen LogP contribution in [-0.2, 0) is 35.5 Å². The molecule has 0 unspecified atom stereocenters. The zero-order chi connectivity index (χ0) is 21.0. The molecule has 1 atom stereocenters. The molecule has 2 amide bonds. The lowest BCUT2D eigenvalue weighted by atomic mass is 10.1. The van der Waals surface area contributed by atoms with E-state index in [9.17, 15) is 18.0 Å². The van der Waals surface area contributed by atoms with Crippen LogP contribution in [0.25, 0.3) is 0 Å². The van der Waals surface area contributed by atoms with Gasteiger partial charge in [0.1, 0.15) is 6.04 Å². The van der Waals surface area contributed by atoms with E-state index in [-0.39, 0.29) is 23.1 Å². The smallest absolute Gasteiger partial charge is 0.243 e. The van der Waals surface area contributed by atoms with E-state index in [2.05, 4.69) is 5.32 Å². The van der Waals surface area contributed by atoms with Gasteiger partial charge in [0.15, 0.2) is 0 Å². The number of hydrogen-bond acceptors (Lipinski definition) is 6. The van der Waals surface area contributed by atoms with Crippen LogP contribution in [0.2, 0.25) is 0 Å². The number of sulfonamides is 1. The molecule has 1 saturated heterocycles. The highest BCUT2D eigenvalue weighted by atomic mass is 32.2. The first-order valence-corrected chi connectivity index (χ1v) is 11.1. The second-order valence-corrected chi connectivity index (χ2v) is 8.99. The number of anilines is 1. The van der Waals surface area contributed by atoms with Crippen LogP contribution in [-0.4, -0.2) is 77.1 Å². The third kappa shape index (κ3) is 4.61. The summed E-state index contributed by atoms with van der Waals surface area (Å²) in [6, 6.07) is 4.00. The number of benzene rings is 1. The molecule has 160 valence electrons. The van der Waals surface area contributed by atoms with Gasteiger partial charge < -0.3 is 14.8 Å². The van der Waals surface area contributed by atoms with Crippen molar-refractivity contribution < 1.29 is 27.5 Å². The van der Waals surface area contributed by atoms with E-state index in [1.54, 1.807) is 19.2 Å². The summed E-state index contributed by atoms with van der Waals surface area (Å²) in [6.45, 7) is 3.74. The summed E-state index contributed by atoms with van der Waals surface area (Å²) in [4.78, 5) is 26.5. The van der Waals surface area contributed by atoms with Crippen molar-refractivity contribution in [3.8, 4) is 0 Å². The molecule has 2 heterocycles. The third-order valence-corrected chi connectivity index (χ3v) is 7.00. The summed E-state index contributed by atoms with van der Waals surface area (Å²) in [5.74, 6) is -0.519. The van der Waals surface area contributed by atoms with Crippen LogP contribution >= 0.6 is 0 Å². The molecule has 9 nitrogen and oxygen atoms in total. The van der Waals surface area contributed by atoms with Gasteiger partial charge in [-0.15, -0.1) is 0 Å². The molecular weight excluding hydrogens is 398 g/mol. The van der Waals surface area contributed by atoms with E-state index < -0.39 is 16.1 Å². The summed E-state index contributed by atoms with van der Waals surface area (Å²) in [7, 11) is -2.05. The fourth-order valence-electron chi connectivity index (χ4n) is 3.67. The minimum atomic E-state index is -3.64. The number of fused-ring (bicyclic) bond motifs is 1. The van der Waals surface area contributed by atoms with Gasteiger partial charge in [-0.2, -0.15) is 4.31 Å². The Morgan fingerprint density at radius 1 is 1.28 bits per heavy atom. The van der Waals surface area contributed by atoms with Crippen LogP contribution in [0.4, 0.5) is 5.69 Å². The summed E-state index contributed by atoms with van der Waals surface area (Å²) < 4.78 is 37.4. The van der Waals surface area contributed by atoms with Gasteiger partial charge in [0.2, 0.25) is 21.8 Å². The molecule has 3 rings (SSSR count). The number of hydrogen-bond donors (Lipinski definition) is 1. The van der Waals surface area contributed by atoms with Crippen molar-refractivity contribution in [3.05, 3.63) is 23.8 Å². The van der Waals surface area contributed by atoms with Crippen molar-refractivity contribution >= 4 is 27.5 Å². The molecule has 0 radical (unpaired) electrons. The van der Waals surface area contributed by atoms with E-state index in [0.29, 0.717) is 57.1 Å². The van der Waals surface area contributed by atoms with Gasteiger partial charge in [-0.1, -0.05) is 0 Å². The van der Waals surface area contributed by atoms with Crippen molar-refractivity contribution in [1.29, 1.82) is 0 Å². The molecule has 1 fully saturated rings. The highest BCUT2D eigenvalue weighted by molar-refractivity contribution is 7.89. The standard InChI is InChI=1S/C19H27N3O6S/c1-14(23)22-17-5-4-16(29(25,26)21-7-10-28-11-8-21)12-15(17)13-18(22)19(24)20-6-3-9-27-2/h4-5,12,18H,3,6-11,13H2,1-2H3,(H,20,24)/t18-/m0/s1. The quantitative estimate of drug-likeness (QED) is 0.623. The number of morpholine rings is 1. The molecule has 0 aromatic heterocycles. The Balaban J connectivity index is 1.81. The SMILES string of the molecule is COCCCNC(=O)[C@@H]1Cc2cc(S(=O)(=O)N3CCOCC3)ccc2N1C(C)=O. The Morgan fingerprint density at radius 3 is 2.66 bits per heavy atom. The highest BCUT2D eigenvalue weighted by Gasteiger charge is 2.38. The molecule has 0 aliphatic carbocycles. The predicted molar refractivity (Wildman–Crippen MR) is 106 cm³/mol. The Morgan fingerprint density at radius 2 is 2.00 bits per heavy atom. The summed E-state index contributed by atoms with van der Waals surface area (Å²) in [5.41, 5.74) is 1.25. The average Bonchev–Trinajstić information content (AvgIpc) is 3.11.